The Morgan fingerprint density at radius 3 is 2.85 bits per heavy atom. The van der Waals surface area contributed by atoms with E-state index in [1.165, 1.54) is 7.11 Å². The van der Waals surface area contributed by atoms with Crippen molar-refractivity contribution in [2.45, 2.75) is 6.42 Å². The number of rotatable bonds is 1. The minimum absolute atomic E-state index is 0.0241. The van der Waals surface area contributed by atoms with Gasteiger partial charge in [-0.25, -0.2) is 4.79 Å². The van der Waals surface area contributed by atoms with Gasteiger partial charge in [0.15, 0.2) is 5.78 Å². The van der Waals surface area contributed by atoms with E-state index in [0.717, 1.165) is 5.56 Å². The smallest absolute Gasteiger partial charge is 0.338 e. The van der Waals surface area contributed by atoms with Gasteiger partial charge in [0.1, 0.15) is 0 Å². The van der Waals surface area contributed by atoms with E-state index in [2.05, 4.69) is 4.74 Å². The highest BCUT2D eigenvalue weighted by molar-refractivity contribution is 6.13. The normalized spacial score (nSPS) is 13.2. The summed E-state index contributed by atoms with van der Waals surface area (Å²) in [4.78, 5) is 22.3. The molecule has 0 spiro atoms. The van der Waals surface area contributed by atoms with Crippen molar-refractivity contribution in [2.24, 2.45) is 0 Å². The van der Waals surface area contributed by atoms with Gasteiger partial charge in [-0.05, 0) is 11.6 Å². The van der Waals surface area contributed by atoms with Crippen molar-refractivity contribution in [1.82, 2.24) is 0 Å². The first-order valence-electron chi connectivity index (χ1n) is 3.97. The van der Waals surface area contributed by atoms with Gasteiger partial charge in [-0.15, -0.1) is 0 Å². The van der Waals surface area contributed by atoms with E-state index in [0.29, 0.717) is 17.5 Å². The Balaban J connectivity index is 2.53. The Morgan fingerprint density at radius 1 is 1.46 bits per heavy atom. The molecule has 0 saturated heterocycles. The van der Waals surface area contributed by atoms with Gasteiger partial charge in [-0.3, -0.25) is 4.79 Å². The maximum Gasteiger partial charge on any atom is 0.338 e. The van der Waals surface area contributed by atoms with Gasteiger partial charge in [-0.2, -0.15) is 0 Å². The largest absolute Gasteiger partial charge is 0.465 e. The molecule has 1 aliphatic carbocycles. The molecule has 66 valence electrons. The summed E-state index contributed by atoms with van der Waals surface area (Å²) in [6.45, 7) is 0. The highest BCUT2D eigenvalue weighted by atomic mass is 16.5. The van der Waals surface area contributed by atoms with Crippen molar-refractivity contribution >= 4 is 11.8 Å². The van der Waals surface area contributed by atoms with Crippen LogP contribution in [0.25, 0.3) is 0 Å². The highest BCUT2D eigenvalue weighted by Gasteiger charge is 2.28. The summed E-state index contributed by atoms with van der Waals surface area (Å²) in [6, 6.07) is 5.22. The van der Waals surface area contributed by atoms with E-state index in [1.54, 1.807) is 12.1 Å². The van der Waals surface area contributed by atoms with E-state index >= 15 is 0 Å². The number of methoxy groups -OCH3 is 1. The summed E-state index contributed by atoms with van der Waals surface area (Å²) < 4.78 is 4.56. The van der Waals surface area contributed by atoms with Crippen molar-refractivity contribution in [1.29, 1.82) is 0 Å². The number of fused-ring (bicyclic) bond motifs is 1. The van der Waals surface area contributed by atoms with Crippen LogP contribution >= 0.6 is 0 Å². The first-order valence-corrected chi connectivity index (χ1v) is 3.97. The number of carbonyl (C=O) groups excluding carboxylic acids is 2. The molecule has 0 atom stereocenters. The number of ether oxygens (including phenoxy) is 1. The van der Waals surface area contributed by atoms with Crippen LogP contribution in [-0.4, -0.2) is 18.9 Å². The number of Topliss-reactive ketones (excluding diaryl/α,β-unsaturated/α-hetero) is 1. The molecule has 0 saturated carbocycles. The fourth-order valence-electron chi connectivity index (χ4n) is 1.51. The number of hydrogen-bond donors (Lipinski definition) is 0. The molecule has 0 bridgehead atoms. The third-order valence-electron chi connectivity index (χ3n) is 2.19. The Morgan fingerprint density at radius 2 is 2.23 bits per heavy atom. The minimum Gasteiger partial charge on any atom is -0.465 e. The third kappa shape index (κ3) is 1.04. The van der Waals surface area contributed by atoms with Crippen LogP contribution in [-0.2, 0) is 11.2 Å². The molecule has 0 unspecified atom stereocenters. The first-order chi connectivity index (χ1) is 6.24. The van der Waals surface area contributed by atoms with Crippen LogP contribution in [0.3, 0.4) is 0 Å². The number of carbonyl (C=O) groups is 2. The SMILES string of the molecule is COC(=O)c1cccc2c1C(=O)C2. The molecule has 0 amide bonds. The molecule has 0 heterocycles. The van der Waals surface area contributed by atoms with Crippen molar-refractivity contribution in [3.05, 3.63) is 34.9 Å². The number of esters is 1. The van der Waals surface area contributed by atoms with Crippen molar-refractivity contribution in [3.63, 3.8) is 0 Å². The lowest BCUT2D eigenvalue weighted by Gasteiger charge is -2.19. The Kier molecular flexibility index (Phi) is 1.65. The molecule has 1 aliphatic rings. The third-order valence-corrected chi connectivity index (χ3v) is 2.19. The van der Waals surface area contributed by atoms with Crippen LogP contribution < -0.4 is 0 Å². The zero-order valence-electron chi connectivity index (χ0n) is 7.16. The van der Waals surface area contributed by atoms with Gasteiger partial charge >= 0.3 is 5.97 Å². The topological polar surface area (TPSA) is 43.4 Å². The zero-order valence-corrected chi connectivity index (χ0v) is 7.16. The Hall–Kier alpha value is -1.64. The summed E-state index contributed by atoms with van der Waals surface area (Å²) in [5.74, 6) is -0.416. The van der Waals surface area contributed by atoms with Crippen LogP contribution in [0, 0.1) is 0 Å². The molecule has 1 aromatic carbocycles. The zero-order chi connectivity index (χ0) is 9.42. The summed E-state index contributed by atoms with van der Waals surface area (Å²) in [5.41, 5.74) is 1.86. The van der Waals surface area contributed by atoms with Crippen molar-refractivity contribution in [3.8, 4) is 0 Å². The van der Waals surface area contributed by atoms with Gasteiger partial charge < -0.3 is 4.74 Å². The van der Waals surface area contributed by atoms with Gasteiger partial charge in [0.05, 0.1) is 12.7 Å². The maximum absolute atomic E-state index is 11.2. The predicted molar refractivity (Wildman–Crippen MR) is 45.8 cm³/mol. The maximum atomic E-state index is 11.2. The lowest BCUT2D eigenvalue weighted by Crippen LogP contribution is -2.23. The number of hydrogen-bond acceptors (Lipinski definition) is 3. The molecule has 3 nitrogen and oxygen atoms in total. The highest BCUT2D eigenvalue weighted by Crippen LogP contribution is 2.26. The fraction of sp³-hybridized carbons (Fsp3) is 0.200. The fourth-order valence-corrected chi connectivity index (χ4v) is 1.51. The average Bonchev–Trinajstić information content (AvgIpc) is 2.14. The quantitative estimate of drug-likeness (QED) is 0.604. The van der Waals surface area contributed by atoms with E-state index in [1.807, 2.05) is 6.07 Å². The summed E-state index contributed by atoms with van der Waals surface area (Å²) in [6.07, 6.45) is 0.445. The molecule has 13 heavy (non-hydrogen) atoms. The Labute approximate surface area is 75.3 Å². The van der Waals surface area contributed by atoms with Crippen LogP contribution in [0.1, 0.15) is 26.3 Å². The lowest BCUT2D eigenvalue weighted by atomic mass is 9.83. The first kappa shape index (κ1) is 7.98. The van der Waals surface area contributed by atoms with E-state index < -0.39 is 5.97 Å². The second-order valence-corrected chi connectivity index (χ2v) is 2.93. The van der Waals surface area contributed by atoms with Crippen molar-refractivity contribution in [2.75, 3.05) is 7.11 Å². The number of benzene rings is 1. The van der Waals surface area contributed by atoms with E-state index in [-0.39, 0.29) is 5.78 Å². The van der Waals surface area contributed by atoms with Crippen LogP contribution in [0.15, 0.2) is 18.2 Å². The molecule has 1 aromatic rings. The van der Waals surface area contributed by atoms with Crippen LogP contribution in [0.5, 0.6) is 0 Å². The predicted octanol–water partition coefficient (Wildman–Crippen LogP) is 1.21. The molecule has 0 N–H and O–H groups in total. The minimum atomic E-state index is -0.440. The van der Waals surface area contributed by atoms with E-state index in [4.69, 9.17) is 0 Å². The van der Waals surface area contributed by atoms with Crippen LogP contribution in [0.2, 0.25) is 0 Å². The summed E-state index contributed by atoms with van der Waals surface area (Å²) in [7, 11) is 1.31. The van der Waals surface area contributed by atoms with E-state index in [9.17, 15) is 9.59 Å². The van der Waals surface area contributed by atoms with Gasteiger partial charge in [0, 0.05) is 12.0 Å². The van der Waals surface area contributed by atoms with Gasteiger partial charge in [0.2, 0.25) is 0 Å². The molecule has 0 aliphatic heterocycles. The molecule has 0 radical (unpaired) electrons. The van der Waals surface area contributed by atoms with Gasteiger partial charge in [0.25, 0.3) is 0 Å². The van der Waals surface area contributed by atoms with Gasteiger partial charge in [-0.1, -0.05) is 12.1 Å². The van der Waals surface area contributed by atoms with Crippen LogP contribution in [0.4, 0.5) is 0 Å². The van der Waals surface area contributed by atoms with Crippen molar-refractivity contribution < 1.29 is 14.3 Å². The standard InChI is InChI=1S/C10H8O3/c1-13-10(12)7-4-2-3-6-5-8(11)9(6)7/h2-4H,5H2,1H3. The second kappa shape index (κ2) is 2.69. The molecule has 3 heteroatoms. The molecule has 0 aromatic heterocycles. The summed E-state index contributed by atoms with van der Waals surface area (Å²) >= 11 is 0. The second-order valence-electron chi connectivity index (χ2n) is 2.93. The average molecular weight is 176 g/mol. The Bertz CT molecular complexity index is 393. The molecular formula is C10H8O3. The lowest BCUT2D eigenvalue weighted by molar-refractivity contribution is 0.0595. The molecule has 2 rings (SSSR count). The monoisotopic (exact) mass is 176 g/mol. The molecular weight excluding hydrogens is 168 g/mol. The summed E-state index contributed by atoms with van der Waals surface area (Å²) in [5, 5.41) is 0. The number of ketones is 1. The molecule has 0 fully saturated rings.